The minimum atomic E-state index is -0.956. The van der Waals surface area contributed by atoms with Gasteiger partial charge in [0.25, 0.3) is 0 Å². The third kappa shape index (κ3) is 3.24. The molecule has 0 aromatic heterocycles. The van der Waals surface area contributed by atoms with E-state index in [-0.39, 0.29) is 40.7 Å². The van der Waals surface area contributed by atoms with E-state index in [1.807, 2.05) is 19.9 Å². The molecule has 0 N–H and O–H groups in total. The molecule has 7 rings (SSSR count). The molecule has 4 aliphatic carbocycles. The Labute approximate surface area is 236 Å². The van der Waals surface area contributed by atoms with Crippen molar-refractivity contribution >= 4 is 17.9 Å². The van der Waals surface area contributed by atoms with Crippen LogP contribution in [-0.4, -0.2) is 46.9 Å². The van der Waals surface area contributed by atoms with Crippen molar-refractivity contribution in [1.82, 2.24) is 0 Å². The van der Waals surface area contributed by atoms with Crippen LogP contribution in [0.4, 0.5) is 0 Å². The van der Waals surface area contributed by atoms with Crippen molar-refractivity contribution < 1.29 is 38.4 Å². The van der Waals surface area contributed by atoms with Gasteiger partial charge in [-0.15, -0.1) is 0 Å². The van der Waals surface area contributed by atoms with Crippen molar-refractivity contribution in [2.75, 3.05) is 0 Å². The van der Waals surface area contributed by atoms with E-state index in [1.165, 1.54) is 6.92 Å². The van der Waals surface area contributed by atoms with E-state index >= 15 is 0 Å². The van der Waals surface area contributed by atoms with Gasteiger partial charge in [0.2, 0.25) is 6.10 Å². The molecule has 4 bridgehead atoms. The van der Waals surface area contributed by atoms with Gasteiger partial charge in [0.05, 0.1) is 0 Å². The lowest BCUT2D eigenvalue weighted by Crippen LogP contribution is -2.58. The molecule has 40 heavy (non-hydrogen) atoms. The van der Waals surface area contributed by atoms with Gasteiger partial charge in [0, 0.05) is 37.2 Å². The Kier molecular flexibility index (Phi) is 5.61. The molecule has 8 heteroatoms. The highest BCUT2D eigenvalue weighted by molar-refractivity contribution is 5.88. The van der Waals surface area contributed by atoms with Crippen LogP contribution in [0.1, 0.15) is 99.3 Å². The molecule has 0 aromatic carbocycles. The van der Waals surface area contributed by atoms with Crippen LogP contribution in [0, 0.1) is 40.4 Å². The summed E-state index contributed by atoms with van der Waals surface area (Å²) >= 11 is 0. The van der Waals surface area contributed by atoms with Crippen molar-refractivity contribution in [2.24, 2.45) is 40.4 Å². The number of esters is 3. The molecule has 0 amide bonds. The van der Waals surface area contributed by atoms with Gasteiger partial charge in [-0.05, 0) is 87.4 Å². The predicted molar refractivity (Wildman–Crippen MR) is 142 cm³/mol. The van der Waals surface area contributed by atoms with E-state index in [9.17, 15) is 14.4 Å². The largest absolute Gasteiger partial charge is 0.458 e. The summed E-state index contributed by atoms with van der Waals surface area (Å²) < 4.78 is 17.6. The van der Waals surface area contributed by atoms with Crippen LogP contribution < -0.4 is 0 Å². The molecule has 3 aliphatic heterocycles. The number of ether oxygens (including phenoxy) is 3. The fourth-order valence-electron chi connectivity index (χ4n) is 11.4. The molecular weight excluding hydrogens is 512 g/mol. The third-order valence-electron chi connectivity index (χ3n) is 13.5. The number of carbonyl (C=O) groups excluding carboxylic acids is 3. The summed E-state index contributed by atoms with van der Waals surface area (Å²) in [5.41, 5.74) is -0.974. The monoisotopic (exact) mass is 556 g/mol. The van der Waals surface area contributed by atoms with Crippen molar-refractivity contribution in [3.63, 3.8) is 0 Å². The van der Waals surface area contributed by atoms with E-state index in [1.54, 1.807) is 0 Å². The molecule has 3 heterocycles. The molecule has 8 nitrogen and oxygen atoms in total. The highest BCUT2D eigenvalue weighted by Crippen LogP contribution is 2.75. The molecule has 12 atom stereocenters. The van der Waals surface area contributed by atoms with Gasteiger partial charge in [-0.1, -0.05) is 26.8 Å². The first-order valence-corrected chi connectivity index (χ1v) is 15.4. The zero-order valence-electron chi connectivity index (χ0n) is 24.7. The zero-order valence-corrected chi connectivity index (χ0v) is 24.7. The number of rotatable bonds is 3. The molecule has 4 saturated carbocycles. The topological polar surface area (TPSA) is 97.4 Å². The van der Waals surface area contributed by atoms with Crippen molar-refractivity contribution in [3.8, 4) is 0 Å². The van der Waals surface area contributed by atoms with Crippen LogP contribution in [0.3, 0.4) is 0 Å². The summed E-state index contributed by atoms with van der Waals surface area (Å²) in [5.74, 6) is -0.389. The molecule has 0 aromatic rings. The lowest BCUT2D eigenvalue weighted by Gasteiger charge is -2.59. The summed E-state index contributed by atoms with van der Waals surface area (Å²) in [6.07, 6.45) is 9.12. The molecular formula is C32H44O8. The van der Waals surface area contributed by atoms with Gasteiger partial charge in [-0.3, -0.25) is 4.79 Å². The Bertz CT molecular complexity index is 1200. The summed E-state index contributed by atoms with van der Waals surface area (Å²) in [4.78, 5) is 50.5. The Morgan fingerprint density at radius 1 is 1.02 bits per heavy atom. The fourth-order valence-corrected chi connectivity index (χ4v) is 11.4. The number of fused-ring (bicyclic) bond motifs is 5. The maximum atomic E-state index is 13.1. The van der Waals surface area contributed by atoms with E-state index in [2.05, 4.69) is 20.8 Å². The molecule has 220 valence electrons. The van der Waals surface area contributed by atoms with Gasteiger partial charge in [-0.2, -0.15) is 0 Å². The smallest absolute Gasteiger partial charge is 0.348 e. The van der Waals surface area contributed by atoms with Crippen LogP contribution in [0.2, 0.25) is 0 Å². The minimum Gasteiger partial charge on any atom is -0.458 e. The van der Waals surface area contributed by atoms with E-state index < -0.39 is 34.8 Å². The average Bonchev–Trinajstić information content (AvgIpc) is 3.40. The van der Waals surface area contributed by atoms with Crippen molar-refractivity contribution in [2.45, 2.75) is 128 Å². The Morgan fingerprint density at radius 3 is 2.50 bits per heavy atom. The molecule has 2 saturated heterocycles. The Hall–Kier alpha value is -1.93. The number of hydrogen-bond acceptors (Lipinski definition) is 8. The second-order valence-corrected chi connectivity index (χ2v) is 15.0. The van der Waals surface area contributed by atoms with E-state index in [4.69, 9.17) is 24.0 Å². The van der Waals surface area contributed by atoms with Crippen molar-refractivity contribution in [3.05, 3.63) is 11.6 Å². The highest BCUT2D eigenvalue weighted by Gasteiger charge is 2.79. The first kappa shape index (κ1) is 26.9. The molecule has 7 aliphatic rings. The summed E-state index contributed by atoms with van der Waals surface area (Å²) in [5, 5.41) is 0. The fraction of sp³-hybridized carbons (Fsp3) is 0.844. The number of hydrogen-bond donors (Lipinski definition) is 0. The van der Waals surface area contributed by atoms with E-state index in [0.29, 0.717) is 30.3 Å². The van der Waals surface area contributed by atoms with E-state index in [0.717, 1.165) is 44.9 Å². The van der Waals surface area contributed by atoms with Gasteiger partial charge in [0.15, 0.2) is 0 Å². The number of carbonyl (C=O) groups is 3. The quantitative estimate of drug-likeness (QED) is 0.265. The van der Waals surface area contributed by atoms with Crippen LogP contribution in [0.15, 0.2) is 11.6 Å². The molecule has 6 fully saturated rings. The number of cyclic esters (lactones) is 1. The second kappa shape index (κ2) is 8.33. The summed E-state index contributed by atoms with van der Waals surface area (Å²) in [6.45, 7) is 12.4. The predicted octanol–water partition coefficient (Wildman–Crippen LogP) is 5.22. The average molecular weight is 557 g/mol. The SMILES string of the molecule is CC(=O)O[C@H]1C(=O)O[C@]2(C)C[C@H]1[C@@]13C[C@]4(CC[C@]5(C)[C@@H]([C@H](C)[C@@H]6CC=C(C)C(=O)O6)CC[C@@]5(C)[C@@H]4CC[C@H]12)OO3. The van der Waals surface area contributed by atoms with Crippen LogP contribution in [0.25, 0.3) is 0 Å². The maximum Gasteiger partial charge on any atom is 0.348 e. The summed E-state index contributed by atoms with van der Waals surface area (Å²) in [6, 6.07) is 0. The van der Waals surface area contributed by atoms with Crippen molar-refractivity contribution in [1.29, 1.82) is 0 Å². The van der Waals surface area contributed by atoms with Gasteiger partial charge < -0.3 is 14.2 Å². The first-order chi connectivity index (χ1) is 18.8. The molecule has 0 unspecified atom stereocenters. The maximum absolute atomic E-state index is 13.1. The van der Waals surface area contributed by atoms with Gasteiger partial charge >= 0.3 is 17.9 Å². The normalized spacial score (nSPS) is 53.3. The summed E-state index contributed by atoms with van der Waals surface area (Å²) in [7, 11) is 0. The van der Waals surface area contributed by atoms with Crippen LogP contribution in [0.5, 0.6) is 0 Å². The third-order valence-corrected chi connectivity index (χ3v) is 13.5. The minimum absolute atomic E-state index is 0.0119. The Balaban J connectivity index is 1.21. The van der Waals surface area contributed by atoms with Crippen LogP contribution >= 0.6 is 0 Å². The lowest BCUT2D eigenvalue weighted by atomic mass is 9.46. The Morgan fingerprint density at radius 2 is 1.77 bits per heavy atom. The van der Waals surface area contributed by atoms with Gasteiger partial charge in [0.1, 0.15) is 22.9 Å². The molecule has 0 radical (unpaired) electrons. The second-order valence-electron chi connectivity index (χ2n) is 15.0. The zero-order chi connectivity index (χ0) is 28.5. The lowest BCUT2D eigenvalue weighted by molar-refractivity contribution is -0.392. The van der Waals surface area contributed by atoms with Gasteiger partial charge in [-0.25, -0.2) is 19.4 Å². The first-order valence-electron chi connectivity index (χ1n) is 15.4. The molecule has 2 spiro atoms. The standard InChI is InChI=1S/C32H44O8/c1-17-7-8-22(37-26(17)34)18(2)20-11-12-29(5)23-9-10-24-30(6)15-21(25(27(35)38-30)36-19(3)33)32(24)16-31(23,39-40-32)14-13-28(20,29)4/h7,18,20-25H,8-16H2,1-6H3/t18-,20+,21+,22-,23-,24-,25+,28+,29-,30+,31-,32-/m0/s1. The van der Waals surface area contributed by atoms with Crippen LogP contribution in [-0.2, 0) is 38.4 Å². The highest BCUT2D eigenvalue weighted by atomic mass is 17.2.